The molecule has 2 nitrogen and oxygen atoms in total. The zero-order chi connectivity index (χ0) is 11.4. The van der Waals surface area contributed by atoms with E-state index in [0.29, 0.717) is 0 Å². The lowest BCUT2D eigenvalue weighted by Crippen LogP contribution is -2.61. The molecule has 5 atom stereocenters. The molecule has 0 spiro atoms. The normalized spacial score (nSPS) is 49.7. The van der Waals surface area contributed by atoms with Gasteiger partial charge < -0.3 is 9.84 Å². The molecule has 1 N–H and O–H groups in total. The first-order valence-corrected chi connectivity index (χ1v) is 5.84. The van der Waals surface area contributed by atoms with Gasteiger partial charge in [-0.25, -0.2) is 0 Å². The highest BCUT2D eigenvalue weighted by Gasteiger charge is 2.57. The molecule has 0 amide bonds. The van der Waals surface area contributed by atoms with E-state index in [1.165, 1.54) is 0 Å². The predicted octanol–water partition coefficient (Wildman–Crippen LogP) is 2.37. The van der Waals surface area contributed by atoms with E-state index in [0.717, 1.165) is 0 Å². The molecule has 2 aliphatic rings. The first-order valence-electron chi connectivity index (χ1n) is 5.84. The standard InChI is InChI=1S/C13H22O2/c1-8-10-6-7-11(15-10)9(2)13(8,14)12(3,4)5/h6-11,14H,1-5H3/t8-,9+,10+,11-,13?. The van der Waals surface area contributed by atoms with Crippen molar-refractivity contribution in [1.82, 2.24) is 0 Å². The molecule has 2 aliphatic heterocycles. The largest absolute Gasteiger partial charge is 0.389 e. The van der Waals surface area contributed by atoms with Crippen LogP contribution in [-0.4, -0.2) is 22.9 Å². The van der Waals surface area contributed by atoms with Crippen LogP contribution < -0.4 is 0 Å². The monoisotopic (exact) mass is 210 g/mol. The third-order valence-corrected chi connectivity index (χ3v) is 4.38. The van der Waals surface area contributed by atoms with Gasteiger partial charge >= 0.3 is 0 Å². The van der Waals surface area contributed by atoms with Crippen molar-refractivity contribution in [3.05, 3.63) is 12.2 Å². The lowest BCUT2D eigenvalue weighted by molar-refractivity contribution is -0.225. The highest BCUT2D eigenvalue weighted by molar-refractivity contribution is 5.18. The Morgan fingerprint density at radius 2 is 1.47 bits per heavy atom. The Kier molecular flexibility index (Phi) is 2.29. The minimum absolute atomic E-state index is 0.0930. The van der Waals surface area contributed by atoms with Crippen LogP contribution in [0.5, 0.6) is 0 Å². The van der Waals surface area contributed by atoms with Gasteiger partial charge in [0.2, 0.25) is 0 Å². The summed E-state index contributed by atoms with van der Waals surface area (Å²) in [5.74, 6) is 0.310. The Morgan fingerprint density at radius 3 is 1.80 bits per heavy atom. The molecule has 2 bridgehead atoms. The van der Waals surface area contributed by atoms with Gasteiger partial charge in [0, 0.05) is 11.8 Å². The maximum absolute atomic E-state index is 11.0. The lowest BCUT2D eigenvalue weighted by atomic mass is 9.60. The summed E-state index contributed by atoms with van der Waals surface area (Å²) in [7, 11) is 0. The van der Waals surface area contributed by atoms with Crippen molar-refractivity contribution >= 4 is 0 Å². The van der Waals surface area contributed by atoms with Crippen molar-refractivity contribution in [2.75, 3.05) is 0 Å². The lowest BCUT2D eigenvalue weighted by Gasteiger charge is -2.54. The fourth-order valence-corrected chi connectivity index (χ4v) is 3.34. The number of hydrogen-bond acceptors (Lipinski definition) is 2. The molecule has 0 saturated carbocycles. The molecule has 86 valence electrons. The zero-order valence-corrected chi connectivity index (χ0v) is 10.3. The van der Waals surface area contributed by atoms with Gasteiger partial charge in [0.25, 0.3) is 0 Å². The Bertz CT molecular complexity index is 269. The van der Waals surface area contributed by atoms with Crippen molar-refractivity contribution in [2.45, 2.75) is 52.4 Å². The second kappa shape index (κ2) is 3.08. The highest BCUT2D eigenvalue weighted by Crippen LogP contribution is 2.51. The van der Waals surface area contributed by atoms with Crippen molar-refractivity contribution in [2.24, 2.45) is 17.3 Å². The highest BCUT2D eigenvalue weighted by atomic mass is 16.5. The van der Waals surface area contributed by atoms with Crippen LogP contribution in [0.15, 0.2) is 12.2 Å². The number of ether oxygens (including phenoxy) is 1. The Balaban J connectivity index is 2.41. The molecule has 0 radical (unpaired) electrons. The number of aliphatic hydroxyl groups is 1. The number of fused-ring (bicyclic) bond motifs is 2. The SMILES string of the molecule is C[C@@H]1[C@@H]2C=C[C@@H](O2)[C@H](C)C1(O)C(C)(C)C. The molecule has 1 fully saturated rings. The fourth-order valence-electron chi connectivity index (χ4n) is 3.34. The molecule has 1 saturated heterocycles. The third-order valence-electron chi connectivity index (χ3n) is 4.38. The van der Waals surface area contributed by atoms with Crippen molar-refractivity contribution in [3.63, 3.8) is 0 Å². The second-order valence-electron chi connectivity index (χ2n) is 6.10. The van der Waals surface area contributed by atoms with Gasteiger partial charge in [0.05, 0.1) is 17.8 Å². The van der Waals surface area contributed by atoms with Gasteiger partial charge in [-0.2, -0.15) is 0 Å². The molecule has 0 aromatic carbocycles. The summed E-state index contributed by atoms with van der Waals surface area (Å²) in [6, 6.07) is 0. The summed E-state index contributed by atoms with van der Waals surface area (Å²) in [6.07, 6.45) is 4.40. The van der Waals surface area contributed by atoms with Crippen LogP contribution in [0.2, 0.25) is 0 Å². The summed E-state index contributed by atoms with van der Waals surface area (Å²) in [4.78, 5) is 0. The molecule has 0 aromatic heterocycles. The number of rotatable bonds is 0. The van der Waals surface area contributed by atoms with Crippen LogP contribution in [0, 0.1) is 17.3 Å². The topological polar surface area (TPSA) is 29.5 Å². The van der Waals surface area contributed by atoms with Crippen molar-refractivity contribution < 1.29 is 9.84 Å². The Labute approximate surface area is 92.3 Å². The third kappa shape index (κ3) is 1.31. The van der Waals surface area contributed by atoms with Gasteiger partial charge in [-0.3, -0.25) is 0 Å². The minimum Gasteiger partial charge on any atom is -0.389 e. The predicted molar refractivity (Wildman–Crippen MR) is 60.5 cm³/mol. The van der Waals surface area contributed by atoms with Gasteiger partial charge in [0.1, 0.15) is 0 Å². The van der Waals surface area contributed by atoms with Crippen LogP contribution >= 0.6 is 0 Å². The van der Waals surface area contributed by atoms with Gasteiger partial charge in [-0.1, -0.05) is 46.8 Å². The molecule has 2 rings (SSSR count). The summed E-state index contributed by atoms with van der Waals surface area (Å²) >= 11 is 0. The summed E-state index contributed by atoms with van der Waals surface area (Å²) in [6.45, 7) is 10.5. The molecule has 2 heterocycles. The van der Waals surface area contributed by atoms with Crippen molar-refractivity contribution in [1.29, 1.82) is 0 Å². The second-order valence-corrected chi connectivity index (χ2v) is 6.10. The van der Waals surface area contributed by atoms with Crippen LogP contribution in [0.3, 0.4) is 0 Å². The molecular weight excluding hydrogens is 188 g/mol. The van der Waals surface area contributed by atoms with Crippen LogP contribution in [0.1, 0.15) is 34.6 Å². The van der Waals surface area contributed by atoms with E-state index in [9.17, 15) is 5.11 Å². The number of hydrogen-bond donors (Lipinski definition) is 1. The van der Waals surface area contributed by atoms with Gasteiger partial charge in [-0.05, 0) is 5.41 Å². The first kappa shape index (κ1) is 11.2. The molecule has 15 heavy (non-hydrogen) atoms. The quantitative estimate of drug-likeness (QED) is 0.622. The fraction of sp³-hybridized carbons (Fsp3) is 0.846. The van der Waals surface area contributed by atoms with E-state index in [4.69, 9.17) is 4.74 Å². The minimum atomic E-state index is -0.649. The van der Waals surface area contributed by atoms with Crippen LogP contribution in [-0.2, 0) is 4.74 Å². The van der Waals surface area contributed by atoms with E-state index in [-0.39, 0.29) is 29.5 Å². The average Bonchev–Trinajstić information content (AvgIpc) is 2.56. The average molecular weight is 210 g/mol. The molecule has 1 unspecified atom stereocenters. The van der Waals surface area contributed by atoms with E-state index in [2.05, 4.69) is 46.8 Å². The molecule has 2 heteroatoms. The summed E-state index contributed by atoms with van der Waals surface area (Å²) < 4.78 is 5.84. The van der Waals surface area contributed by atoms with Crippen LogP contribution in [0.25, 0.3) is 0 Å². The zero-order valence-electron chi connectivity index (χ0n) is 10.3. The first-order chi connectivity index (χ1) is 6.78. The maximum atomic E-state index is 11.0. The summed E-state index contributed by atoms with van der Waals surface area (Å²) in [5.41, 5.74) is -0.762. The molecular formula is C13H22O2. The van der Waals surface area contributed by atoms with E-state index >= 15 is 0 Å². The summed E-state index contributed by atoms with van der Waals surface area (Å²) in [5, 5.41) is 11.0. The smallest absolute Gasteiger partial charge is 0.0818 e. The molecule has 0 aromatic rings. The molecule has 0 aliphatic carbocycles. The van der Waals surface area contributed by atoms with E-state index < -0.39 is 5.60 Å². The van der Waals surface area contributed by atoms with E-state index in [1.807, 2.05) is 0 Å². The van der Waals surface area contributed by atoms with Crippen molar-refractivity contribution in [3.8, 4) is 0 Å². The Hall–Kier alpha value is -0.340. The van der Waals surface area contributed by atoms with E-state index in [1.54, 1.807) is 0 Å². The Morgan fingerprint density at radius 1 is 1.07 bits per heavy atom. The van der Waals surface area contributed by atoms with Gasteiger partial charge in [-0.15, -0.1) is 0 Å². The maximum Gasteiger partial charge on any atom is 0.0818 e. The van der Waals surface area contributed by atoms with Gasteiger partial charge in [0.15, 0.2) is 0 Å². The van der Waals surface area contributed by atoms with Crippen LogP contribution in [0.4, 0.5) is 0 Å².